The van der Waals surface area contributed by atoms with Gasteiger partial charge in [-0.25, -0.2) is 4.98 Å². The molecule has 1 unspecified atom stereocenters. The van der Waals surface area contributed by atoms with Crippen molar-refractivity contribution < 1.29 is 4.74 Å². The lowest BCUT2D eigenvalue weighted by molar-refractivity contribution is 0.144. The average Bonchev–Trinajstić information content (AvgIpc) is 2.52. The lowest BCUT2D eigenvalue weighted by Gasteiger charge is -2.17. The Kier molecular flexibility index (Phi) is 4.02. The van der Waals surface area contributed by atoms with E-state index in [-0.39, 0.29) is 0 Å². The molecule has 0 amide bonds. The zero-order valence-corrected chi connectivity index (χ0v) is 10.3. The maximum Gasteiger partial charge on any atom is 0.152 e. The first-order valence-corrected chi connectivity index (χ1v) is 6.10. The second kappa shape index (κ2) is 5.51. The molecule has 1 saturated heterocycles. The topological polar surface area (TPSA) is 34.2 Å². The molecule has 88 valence electrons. The van der Waals surface area contributed by atoms with Crippen molar-refractivity contribution in [2.75, 3.05) is 18.5 Å². The molecule has 1 aromatic rings. The van der Waals surface area contributed by atoms with Crippen molar-refractivity contribution in [3.63, 3.8) is 0 Å². The maximum atomic E-state index is 6.05. The number of rotatable bonds is 2. The van der Waals surface area contributed by atoms with E-state index in [0.717, 1.165) is 43.7 Å². The minimum Gasteiger partial charge on any atom is -0.381 e. The van der Waals surface area contributed by atoms with Crippen molar-refractivity contribution in [2.45, 2.75) is 32.2 Å². The zero-order valence-electron chi connectivity index (χ0n) is 9.50. The molecule has 1 aromatic heterocycles. The van der Waals surface area contributed by atoms with Gasteiger partial charge in [0.15, 0.2) is 5.15 Å². The molecule has 0 bridgehead atoms. The summed E-state index contributed by atoms with van der Waals surface area (Å²) < 4.78 is 5.43. The second-order valence-electron chi connectivity index (χ2n) is 4.24. The van der Waals surface area contributed by atoms with Crippen molar-refractivity contribution in [3.05, 3.63) is 23.0 Å². The highest BCUT2D eigenvalue weighted by Crippen LogP contribution is 2.23. The predicted octanol–water partition coefficient (Wildman–Crippen LogP) is 3.02. The van der Waals surface area contributed by atoms with Crippen LogP contribution < -0.4 is 5.32 Å². The van der Waals surface area contributed by atoms with Crippen LogP contribution in [0.1, 0.15) is 24.8 Å². The molecule has 2 rings (SSSR count). The summed E-state index contributed by atoms with van der Waals surface area (Å²) in [6, 6.07) is 2.49. The molecule has 0 aromatic carbocycles. The van der Waals surface area contributed by atoms with E-state index in [1.807, 2.05) is 13.0 Å². The number of anilines is 1. The molecule has 4 heteroatoms. The molecule has 1 fully saturated rings. The largest absolute Gasteiger partial charge is 0.381 e. The average molecular weight is 241 g/mol. The highest BCUT2D eigenvalue weighted by molar-refractivity contribution is 6.31. The predicted molar refractivity (Wildman–Crippen MR) is 66.1 cm³/mol. The number of halogens is 1. The van der Waals surface area contributed by atoms with Gasteiger partial charge in [-0.05, 0) is 37.8 Å². The zero-order chi connectivity index (χ0) is 11.4. The fourth-order valence-corrected chi connectivity index (χ4v) is 2.08. The van der Waals surface area contributed by atoms with Gasteiger partial charge in [0.2, 0.25) is 0 Å². The third-order valence-corrected chi connectivity index (χ3v) is 3.09. The smallest absolute Gasteiger partial charge is 0.152 e. The van der Waals surface area contributed by atoms with E-state index in [1.54, 1.807) is 6.20 Å². The van der Waals surface area contributed by atoms with Gasteiger partial charge in [-0.15, -0.1) is 0 Å². The Hall–Kier alpha value is -0.800. The van der Waals surface area contributed by atoms with Gasteiger partial charge in [-0.2, -0.15) is 0 Å². The summed E-state index contributed by atoms with van der Waals surface area (Å²) in [6.07, 6.45) is 5.05. The van der Waals surface area contributed by atoms with Crippen molar-refractivity contribution >= 4 is 17.3 Å². The summed E-state index contributed by atoms with van der Waals surface area (Å²) in [5.41, 5.74) is 2.06. The van der Waals surface area contributed by atoms with E-state index < -0.39 is 0 Å². The van der Waals surface area contributed by atoms with Crippen LogP contribution in [0, 0.1) is 6.92 Å². The third kappa shape index (κ3) is 3.09. The molecule has 1 atom stereocenters. The molecule has 16 heavy (non-hydrogen) atoms. The van der Waals surface area contributed by atoms with Gasteiger partial charge in [0.1, 0.15) is 0 Å². The summed E-state index contributed by atoms with van der Waals surface area (Å²) in [5.74, 6) is 0. The standard InChI is InChI=1S/C12H17ClN2O/c1-9-7-11(12(13)14-8-9)15-10-3-2-5-16-6-4-10/h7-8,10,15H,2-6H2,1H3. The molecule has 1 aliphatic heterocycles. The van der Waals surface area contributed by atoms with Gasteiger partial charge in [-0.3, -0.25) is 0 Å². The summed E-state index contributed by atoms with van der Waals surface area (Å²) in [6.45, 7) is 3.72. The van der Waals surface area contributed by atoms with Crippen LogP contribution in [-0.4, -0.2) is 24.2 Å². The van der Waals surface area contributed by atoms with Crippen LogP contribution in [0.3, 0.4) is 0 Å². The Morgan fingerprint density at radius 2 is 2.31 bits per heavy atom. The number of hydrogen-bond donors (Lipinski definition) is 1. The molecule has 0 radical (unpaired) electrons. The number of pyridine rings is 1. The number of aromatic nitrogens is 1. The van der Waals surface area contributed by atoms with E-state index in [2.05, 4.69) is 10.3 Å². The lowest BCUT2D eigenvalue weighted by Crippen LogP contribution is -2.20. The summed E-state index contributed by atoms with van der Waals surface area (Å²) in [4.78, 5) is 4.14. The normalized spacial score (nSPS) is 21.5. The van der Waals surface area contributed by atoms with Crippen LogP contribution in [0.2, 0.25) is 5.15 Å². The van der Waals surface area contributed by atoms with E-state index in [1.165, 1.54) is 0 Å². The first-order chi connectivity index (χ1) is 7.75. The van der Waals surface area contributed by atoms with Crippen molar-refractivity contribution in [2.24, 2.45) is 0 Å². The molecular weight excluding hydrogens is 224 g/mol. The van der Waals surface area contributed by atoms with Crippen LogP contribution in [0.25, 0.3) is 0 Å². The molecule has 3 nitrogen and oxygen atoms in total. The van der Waals surface area contributed by atoms with Gasteiger partial charge >= 0.3 is 0 Å². The maximum absolute atomic E-state index is 6.05. The minimum absolute atomic E-state index is 0.448. The Bertz CT molecular complexity index is 349. The Morgan fingerprint density at radius 3 is 3.19 bits per heavy atom. The van der Waals surface area contributed by atoms with E-state index in [0.29, 0.717) is 11.2 Å². The van der Waals surface area contributed by atoms with Gasteiger partial charge in [0.25, 0.3) is 0 Å². The van der Waals surface area contributed by atoms with Crippen molar-refractivity contribution in [1.29, 1.82) is 0 Å². The van der Waals surface area contributed by atoms with Crippen LogP contribution in [0.5, 0.6) is 0 Å². The van der Waals surface area contributed by atoms with Crippen LogP contribution >= 0.6 is 11.6 Å². The molecule has 0 spiro atoms. The second-order valence-corrected chi connectivity index (χ2v) is 4.59. The molecule has 0 aliphatic carbocycles. The third-order valence-electron chi connectivity index (χ3n) is 2.79. The molecule has 1 N–H and O–H groups in total. The summed E-state index contributed by atoms with van der Waals surface area (Å²) >= 11 is 6.05. The number of nitrogens with zero attached hydrogens (tertiary/aromatic N) is 1. The SMILES string of the molecule is Cc1cnc(Cl)c(NC2CCCOCC2)c1. The highest BCUT2D eigenvalue weighted by Gasteiger charge is 2.13. The number of aryl methyl sites for hydroxylation is 1. The van der Waals surface area contributed by atoms with Crippen LogP contribution in [0.4, 0.5) is 5.69 Å². The molecule has 2 heterocycles. The summed E-state index contributed by atoms with van der Waals surface area (Å²) in [5, 5.41) is 4.01. The fraction of sp³-hybridized carbons (Fsp3) is 0.583. The van der Waals surface area contributed by atoms with Crippen molar-refractivity contribution in [3.8, 4) is 0 Å². The van der Waals surface area contributed by atoms with Crippen LogP contribution in [-0.2, 0) is 4.74 Å². The number of ether oxygens (including phenoxy) is 1. The molecule has 1 aliphatic rings. The van der Waals surface area contributed by atoms with Gasteiger partial charge in [-0.1, -0.05) is 11.6 Å². The van der Waals surface area contributed by atoms with E-state index in [9.17, 15) is 0 Å². The molecule has 0 saturated carbocycles. The first-order valence-electron chi connectivity index (χ1n) is 5.72. The minimum atomic E-state index is 0.448. The number of hydrogen-bond acceptors (Lipinski definition) is 3. The van der Waals surface area contributed by atoms with E-state index in [4.69, 9.17) is 16.3 Å². The van der Waals surface area contributed by atoms with Gasteiger partial charge in [0.05, 0.1) is 5.69 Å². The first kappa shape index (κ1) is 11.7. The van der Waals surface area contributed by atoms with Gasteiger partial charge < -0.3 is 10.1 Å². The summed E-state index contributed by atoms with van der Waals surface area (Å²) in [7, 11) is 0. The Labute approximate surface area is 101 Å². The van der Waals surface area contributed by atoms with Crippen LogP contribution in [0.15, 0.2) is 12.3 Å². The number of nitrogens with one attached hydrogen (secondary N) is 1. The lowest BCUT2D eigenvalue weighted by atomic mass is 10.1. The Morgan fingerprint density at radius 1 is 1.44 bits per heavy atom. The monoisotopic (exact) mass is 240 g/mol. The Balaban J connectivity index is 2.04. The highest BCUT2D eigenvalue weighted by atomic mass is 35.5. The quantitative estimate of drug-likeness (QED) is 0.807. The van der Waals surface area contributed by atoms with Gasteiger partial charge in [0, 0.05) is 25.5 Å². The molecular formula is C12H17ClN2O. The van der Waals surface area contributed by atoms with E-state index >= 15 is 0 Å². The fourth-order valence-electron chi connectivity index (χ4n) is 1.92. The van der Waals surface area contributed by atoms with Crippen molar-refractivity contribution in [1.82, 2.24) is 4.98 Å².